The van der Waals surface area contributed by atoms with Gasteiger partial charge in [0.2, 0.25) is 0 Å². The van der Waals surface area contributed by atoms with Gasteiger partial charge in [0.1, 0.15) is 5.82 Å². The number of H-pyrrole nitrogens is 1. The predicted molar refractivity (Wildman–Crippen MR) is 95.7 cm³/mol. The Morgan fingerprint density at radius 2 is 2.13 bits per heavy atom. The summed E-state index contributed by atoms with van der Waals surface area (Å²) >= 11 is 0. The Balaban J connectivity index is 1.46. The zero-order chi connectivity index (χ0) is 16.1. The molecule has 0 atom stereocenters. The second-order valence-electron chi connectivity index (χ2n) is 6.51. The van der Waals surface area contributed by atoms with Gasteiger partial charge in [0, 0.05) is 26.6 Å². The van der Waals surface area contributed by atoms with Crippen molar-refractivity contribution in [3.05, 3.63) is 30.1 Å². The Bertz CT molecular complexity index is 630. The summed E-state index contributed by atoms with van der Waals surface area (Å²) in [5.74, 6) is 1.90. The van der Waals surface area contributed by atoms with Gasteiger partial charge in [0.25, 0.3) is 0 Å². The molecule has 1 fully saturated rings. The van der Waals surface area contributed by atoms with Gasteiger partial charge in [-0.2, -0.15) is 0 Å². The van der Waals surface area contributed by atoms with Crippen LogP contribution in [0.1, 0.15) is 38.4 Å². The van der Waals surface area contributed by atoms with Crippen LogP contribution in [0.4, 0.5) is 0 Å². The van der Waals surface area contributed by atoms with Gasteiger partial charge in [-0.05, 0) is 36.8 Å². The SMILES string of the molecule is CCC1(CNC(=NC)NCCc2nc3ccccc3[nH]2)CCC1. The van der Waals surface area contributed by atoms with Gasteiger partial charge in [-0.1, -0.05) is 25.5 Å². The fourth-order valence-electron chi connectivity index (χ4n) is 3.25. The van der Waals surface area contributed by atoms with E-state index in [1.165, 1.54) is 25.7 Å². The van der Waals surface area contributed by atoms with Crippen molar-refractivity contribution in [2.24, 2.45) is 10.4 Å². The number of rotatable bonds is 6. The van der Waals surface area contributed by atoms with E-state index in [-0.39, 0.29) is 0 Å². The first-order chi connectivity index (χ1) is 11.2. The van der Waals surface area contributed by atoms with Gasteiger partial charge in [-0.3, -0.25) is 4.99 Å². The van der Waals surface area contributed by atoms with E-state index in [4.69, 9.17) is 0 Å². The molecule has 3 N–H and O–H groups in total. The lowest BCUT2D eigenvalue weighted by atomic mass is 9.67. The molecule has 0 spiro atoms. The Labute approximate surface area is 138 Å². The van der Waals surface area contributed by atoms with Crippen molar-refractivity contribution >= 4 is 17.0 Å². The third-order valence-electron chi connectivity index (χ3n) is 5.11. The molecule has 5 nitrogen and oxygen atoms in total. The van der Waals surface area contributed by atoms with Gasteiger partial charge in [-0.25, -0.2) is 4.98 Å². The Hall–Kier alpha value is -2.04. The fraction of sp³-hybridized carbons (Fsp3) is 0.556. The Morgan fingerprint density at radius 3 is 2.78 bits per heavy atom. The molecular formula is C18H27N5. The molecule has 0 amide bonds. The fourth-order valence-corrected chi connectivity index (χ4v) is 3.25. The van der Waals surface area contributed by atoms with Gasteiger partial charge in [0.05, 0.1) is 11.0 Å². The molecule has 3 rings (SSSR count). The van der Waals surface area contributed by atoms with E-state index in [0.717, 1.165) is 42.3 Å². The van der Waals surface area contributed by atoms with Crippen molar-refractivity contribution in [2.45, 2.75) is 39.0 Å². The maximum Gasteiger partial charge on any atom is 0.191 e. The molecule has 0 aliphatic heterocycles. The number of nitrogens with one attached hydrogen (secondary N) is 3. The topological polar surface area (TPSA) is 65.1 Å². The number of aromatic nitrogens is 2. The standard InChI is InChI=1S/C18H27N5/c1-3-18(10-6-11-18)13-21-17(19-2)20-12-9-16-22-14-7-4-5-8-15(14)23-16/h4-5,7-8H,3,6,9-13H2,1-2H3,(H,22,23)(H2,19,20,21). The first-order valence-corrected chi connectivity index (χ1v) is 8.63. The zero-order valence-corrected chi connectivity index (χ0v) is 14.2. The van der Waals surface area contributed by atoms with Crippen LogP contribution >= 0.6 is 0 Å². The lowest BCUT2D eigenvalue weighted by molar-refractivity contribution is 0.131. The lowest BCUT2D eigenvalue weighted by Crippen LogP contribution is -2.46. The number of aromatic amines is 1. The largest absolute Gasteiger partial charge is 0.356 e. The monoisotopic (exact) mass is 313 g/mol. The van der Waals surface area contributed by atoms with Crippen LogP contribution in [0.3, 0.4) is 0 Å². The molecule has 5 heteroatoms. The highest BCUT2D eigenvalue weighted by Gasteiger charge is 2.34. The minimum absolute atomic E-state index is 0.496. The second kappa shape index (κ2) is 7.02. The van der Waals surface area contributed by atoms with Crippen molar-refractivity contribution in [2.75, 3.05) is 20.1 Å². The van der Waals surface area contributed by atoms with Crippen molar-refractivity contribution in [1.29, 1.82) is 0 Å². The van der Waals surface area contributed by atoms with Crippen LogP contribution in [0.2, 0.25) is 0 Å². The highest BCUT2D eigenvalue weighted by molar-refractivity contribution is 5.79. The van der Waals surface area contributed by atoms with E-state index in [9.17, 15) is 0 Å². The smallest absolute Gasteiger partial charge is 0.191 e. The number of hydrogen-bond donors (Lipinski definition) is 3. The number of para-hydroxylation sites is 2. The molecule has 1 saturated carbocycles. The summed E-state index contributed by atoms with van der Waals surface area (Å²) in [6.45, 7) is 4.13. The highest BCUT2D eigenvalue weighted by Crippen LogP contribution is 2.42. The molecule has 2 aromatic rings. The summed E-state index contributed by atoms with van der Waals surface area (Å²) in [7, 11) is 1.83. The number of guanidine groups is 1. The molecule has 1 heterocycles. The zero-order valence-electron chi connectivity index (χ0n) is 14.2. The van der Waals surface area contributed by atoms with Crippen LogP contribution in [0.15, 0.2) is 29.3 Å². The predicted octanol–water partition coefficient (Wildman–Crippen LogP) is 2.85. The van der Waals surface area contributed by atoms with Gasteiger partial charge >= 0.3 is 0 Å². The number of imidazole rings is 1. The molecule has 0 bridgehead atoms. The number of nitrogens with zero attached hydrogens (tertiary/aromatic N) is 2. The van der Waals surface area contributed by atoms with Crippen molar-refractivity contribution < 1.29 is 0 Å². The highest BCUT2D eigenvalue weighted by atomic mass is 15.2. The Morgan fingerprint density at radius 1 is 1.30 bits per heavy atom. The number of aliphatic imine (C=N–C) groups is 1. The van der Waals surface area contributed by atoms with Crippen molar-refractivity contribution in [1.82, 2.24) is 20.6 Å². The molecule has 23 heavy (non-hydrogen) atoms. The number of benzene rings is 1. The molecule has 0 unspecified atom stereocenters. The minimum Gasteiger partial charge on any atom is -0.356 e. The minimum atomic E-state index is 0.496. The summed E-state index contributed by atoms with van der Waals surface area (Å²) in [5, 5.41) is 6.87. The van der Waals surface area contributed by atoms with Crippen LogP contribution in [0, 0.1) is 5.41 Å². The van der Waals surface area contributed by atoms with Gasteiger partial charge < -0.3 is 15.6 Å². The maximum atomic E-state index is 4.60. The van der Waals surface area contributed by atoms with Crippen LogP contribution in [-0.4, -0.2) is 36.1 Å². The molecular weight excluding hydrogens is 286 g/mol. The van der Waals surface area contributed by atoms with E-state index in [0.29, 0.717) is 5.41 Å². The molecule has 1 aliphatic carbocycles. The average molecular weight is 313 g/mol. The molecule has 1 aromatic carbocycles. The first kappa shape index (κ1) is 15.8. The average Bonchev–Trinajstić information content (AvgIpc) is 2.95. The van der Waals surface area contributed by atoms with Crippen LogP contribution in [0.5, 0.6) is 0 Å². The molecule has 0 saturated heterocycles. The Kier molecular flexibility index (Phi) is 4.84. The van der Waals surface area contributed by atoms with Crippen LogP contribution in [-0.2, 0) is 6.42 Å². The summed E-state index contributed by atoms with van der Waals surface area (Å²) in [6, 6.07) is 8.13. The van der Waals surface area contributed by atoms with Crippen molar-refractivity contribution in [3.8, 4) is 0 Å². The summed E-state index contributed by atoms with van der Waals surface area (Å²) in [5.41, 5.74) is 2.62. The molecule has 1 aliphatic rings. The third-order valence-corrected chi connectivity index (χ3v) is 5.11. The third kappa shape index (κ3) is 3.66. The van der Waals surface area contributed by atoms with E-state index >= 15 is 0 Å². The van der Waals surface area contributed by atoms with Gasteiger partial charge in [-0.15, -0.1) is 0 Å². The van der Waals surface area contributed by atoms with Crippen LogP contribution < -0.4 is 10.6 Å². The molecule has 0 radical (unpaired) electrons. The summed E-state index contributed by atoms with van der Waals surface area (Å²) < 4.78 is 0. The van der Waals surface area contributed by atoms with E-state index < -0.39 is 0 Å². The first-order valence-electron chi connectivity index (χ1n) is 8.63. The van der Waals surface area contributed by atoms with E-state index in [1.807, 2.05) is 25.2 Å². The lowest BCUT2D eigenvalue weighted by Gasteiger charge is -2.41. The number of hydrogen-bond acceptors (Lipinski definition) is 2. The second-order valence-corrected chi connectivity index (χ2v) is 6.51. The van der Waals surface area contributed by atoms with Crippen molar-refractivity contribution in [3.63, 3.8) is 0 Å². The van der Waals surface area contributed by atoms with Crippen LogP contribution in [0.25, 0.3) is 11.0 Å². The van der Waals surface area contributed by atoms with Gasteiger partial charge in [0.15, 0.2) is 5.96 Å². The summed E-state index contributed by atoms with van der Waals surface area (Å²) in [6.07, 6.45) is 6.15. The summed E-state index contributed by atoms with van der Waals surface area (Å²) in [4.78, 5) is 12.3. The molecule has 1 aromatic heterocycles. The quantitative estimate of drug-likeness (QED) is 0.567. The van der Waals surface area contributed by atoms with E-state index in [2.05, 4.69) is 38.6 Å². The number of fused-ring (bicyclic) bond motifs is 1. The molecule has 124 valence electrons. The normalized spacial score (nSPS) is 17.0. The maximum absolute atomic E-state index is 4.60. The van der Waals surface area contributed by atoms with E-state index in [1.54, 1.807) is 0 Å².